The molecule has 0 saturated heterocycles. The Morgan fingerprint density at radius 2 is 1.90 bits per heavy atom. The van der Waals surface area contributed by atoms with Crippen molar-refractivity contribution in [2.45, 2.75) is 51.5 Å². The van der Waals surface area contributed by atoms with Crippen LogP contribution in [0.1, 0.15) is 58.7 Å². The van der Waals surface area contributed by atoms with E-state index in [1.807, 2.05) is 11.3 Å². The van der Waals surface area contributed by atoms with Gasteiger partial charge in [-0.15, -0.1) is 11.3 Å². The van der Waals surface area contributed by atoms with Crippen LogP contribution < -0.4 is 5.73 Å². The molecule has 0 amide bonds. The molecule has 1 nitrogen and oxygen atoms in total. The highest BCUT2D eigenvalue weighted by molar-refractivity contribution is 7.12. The molecular formula is C18H23NS. The first-order valence-corrected chi connectivity index (χ1v) is 8.55. The standard InChI is InChI=1S/C18H23NS/c1-2-5-13-8-10-14(11-9-13)18(19)17-12-15-6-3-4-7-16(15)20-17/h8-12,18H,2-7,19H2,1H3. The van der Waals surface area contributed by atoms with Gasteiger partial charge in [0, 0.05) is 9.75 Å². The molecule has 0 saturated carbocycles. The largest absolute Gasteiger partial charge is 0.320 e. The van der Waals surface area contributed by atoms with Crippen LogP contribution >= 0.6 is 11.3 Å². The Kier molecular flexibility index (Phi) is 4.23. The summed E-state index contributed by atoms with van der Waals surface area (Å²) in [7, 11) is 0. The van der Waals surface area contributed by atoms with E-state index in [9.17, 15) is 0 Å². The minimum Gasteiger partial charge on any atom is -0.320 e. The molecule has 0 aliphatic heterocycles. The highest BCUT2D eigenvalue weighted by atomic mass is 32.1. The predicted molar refractivity (Wildman–Crippen MR) is 87.4 cm³/mol. The summed E-state index contributed by atoms with van der Waals surface area (Å²) in [5.74, 6) is 0. The lowest BCUT2D eigenvalue weighted by molar-refractivity contribution is 0.696. The van der Waals surface area contributed by atoms with Crippen LogP contribution in [0.2, 0.25) is 0 Å². The Morgan fingerprint density at radius 3 is 2.60 bits per heavy atom. The molecule has 0 bridgehead atoms. The Hall–Kier alpha value is -1.12. The number of nitrogens with two attached hydrogens (primary N) is 1. The van der Waals surface area contributed by atoms with Gasteiger partial charge in [0.1, 0.15) is 0 Å². The van der Waals surface area contributed by atoms with Gasteiger partial charge in [0.15, 0.2) is 0 Å². The van der Waals surface area contributed by atoms with Crippen LogP contribution in [0.3, 0.4) is 0 Å². The van der Waals surface area contributed by atoms with Crippen LogP contribution in [-0.4, -0.2) is 0 Å². The molecule has 20 heavy (non-hydrogen) atoms. The summed E-state index contributed by atoms with van der Waals surface area (Å²) in [6, 6.07) is 11.3. The van der Waals surface area contributed by atoms with Crippen molar-refractivity contribution in [3.63, 3.8) is 0 Å². The van der Waals surface area contributed by atoms with Gasteiger partial charge in [0.2, 0.25) is 0 Å². The zero-order chi connectivity index (χ0) is 13.9. The fourth-order valence-corrected chi connectivity index (χ4v) is 4.30. The average Bonchev–Trinajstić information content (AvgIpc) is 2.91. The van der Waals surface area contributed by atoms with Crippen molar-refractivity contribution in [2.75, 3.05) is 0 Å². The second-order valence-electron chi connectivity index (χ2n) is 5.77. The predicted octanol–water partition coefficient (Wildman–Crippen LogP) is 4.63. The molecule has 2 N–H and O–H groups in total. The number of hydrogen-bond donors (Lipinski definition) is 1. The molecule has 2 heteroatoms. The van der Waals surface area contributed by atoms with Gasteiger partial charge in [-0.2, -0.15) is 0 Å². The molecule has 1 aliphatic rings. The van der Waals surface area contributed by atoms with E-state index in [1.54, 1.807) is 10.4 Å². The first-order chi connectivity index (χ1) is 9.78. The van der Waals surface area contributed by atoms with Crippen LogP contribution in [0.5, 0.6) is 0 Å². The maximum Gasteiger partial charge on any atom is 0.0646 e. The van der Waals surface area contributed by atoms with E-state index in [1.165, 1.54) is 48.1 Å². The van der Waals surface area contributed by atoms with Gasteiger partial charge in [-0.05, 0) is 54.9 Å². The fourth-order valence-electron chi connectivity index (χ4n) is 3.01. The van der Waals surface area contributed by atoms with Crippen LogP contribution in [0, 0.1) is 0 Å². The summed E-state index contributed by atoms with van der Waals surface area (Å²) in [5, 5.41) is 0. The second-order valence-corrected chi connectivity index (χ2v) is 6.94. The summed E-state index contributed by atoms with van der Waals surface area (Å²) in [4.78, 5) is 2.91. The number of thiophene rings is 1. The topological polar surface area (TPSA) is 26.0 Å². The van der Waals surface area contributed by atoms with Crippen LogP contribution in [0.15, 0.2) is 30.3 Å². The van der Waals surface area contributed by atoms with Gasteiger partial charge >= 0.3 is 0 Å². The minimum absolute atomic E-state index is 0.0428. The van der Waals surface area contributed by atoms with Crippen molar-refractivity contribution in [1.29, 1.82) is 0 Å². The molecule has 2 aromatic rings. The zero-order valence-electron chi connectivity index (χ0n) is 12.2. The highest BCUT2D eigenvalue weighted by Gasteiger charge is 2.17. The highest BCUT2D eigenvalue weighted by Crippen LogP contribution is 2.34. The molecule has 0 fully saturated rings. The van der Waals surface area contributed by atoms with E-state index in [0.29, 0.717) is 0 Å². The molecule has 1 heterocycles. The zero-order valence-corrected chi connectivity index (χ0v) is 13.0. The Labute approximate surface area is 125 Å². The smallest absolute Gasteiger partial charge is 0.0646 e. The molecule has 1 atom stereocenters. The number of fused-ring (bicyclic) bond motifs is 1. The SMILES string of the molecule is CCCc1ccc(C(N)c2cc3c(s2)CCCC3)cc1. The third-order valence-corrected chi connectivity index (χ3v) is 5.52. The maximum atomic E-state index is 6.46. The van der Waals surface area contributed by atoms with E-state index < -0.39 is 0 Å². The summed E-state index contributed by atoms with van der Waals surface area (Å²) in [5.41, 5.74) is 10.7. The summed E-state index contributed by atoms with van der Waals surface area (Å²) in [6.07, 6.45) is 7.53. The third kappa shape index (κ3) is 2.82. The Bertz CT molecular complexity index is 544. The van der Waals surface area contributed by atoms with Gasteiger partial charge < -0.3 is 5.73 Å². The quantitative estimate of drug-likeness (QED) is 0.871. The fraction of sp³-hybridized carbons (Fsp3) is 0.444. The molecule has 1 unspecified atom stereocenters. The molecule has 0 radical (unpaired) electrons. The summed E-state index contributed by atoms with van der Waals surface area (Å²) in [6.45, 7) is 2.22. The van der Waals surface area contributed by atoms with Gasteiger partial charge in [0.05, 0.1) is 6.04 Å². The number of rotatable bonds is 4. The van der Waals surface area contributed by atoms with Crippen molar-refractivity contribution >= 4 is 11.3 Å². The number of benzene rings is 1. The van der Waals surface area contributed by atoms with Gasteiger partial charge in [-0.25, -0.2) is 0 Å². The lowest BCUT2D eigenvalue weighted by Gasteiger charge is -2.10. The van der Waals surface area contributed by atoms with E-state index in [2.05, 4.69) is 37.3 Å². The summed E-state index contributed by atoms with van der Waals surface area (Å²) >= 11 is 1.93. The number of hydrogen-bond acceptors (Lipinski definition) is 2. The molecule has 1 aromatic heterocycles. The Balaban J connectivity index is 1.80. The third-order valence-electron chi connectivity index (χ3n) is 4.20. The van der Waals surface area contributed by atoms with Crippen LogP contribution in [-0.2, 0) is 19.3 Å². The van der Waals surface area contributed by atoms with Crippen molar-refractivity contribution in [3.8, 4) is 0 Å². The van der Waals surface area contributed by atoms with Crippen molar-refractivity contribution in [3.05, 3.63) is 56.8 Å². The minimum atomic E-state index is 0.0428. The second kappa shape index (κ2) is 6.11. The molecule has 1 aliphatic carbocycles. The van der Waals surface area contributed by atoms with E-state index in [4.69, 9.17) is 5.73 Å². The first-order valence-electron chi connectivity index (χ1n) is 7.74. The van der Waals surface area contributed by atoms with E-state index in [0.717, 1.165) is 6.42 Å². The monoisotopic (exact) mass is 285 g/mol. The number of aryl methyl sites for hydroxylation is 3. The van der Waals surface area contributed by atoms with Gasteiger partial charge in [0.25, 0.3) is 0 Å². The van der Waals surface area contributed by atoms with Crippen molar-refractivity contribution < 1.29 is 0 Å². The average molecular weight is 285 g/mol. The van der Waals surface area contributed by atoms with Crippen LogP contribution in [0.4, 0.5) is 0 Å². The maximum absolute atomic E-state index is 6.46. The molecule has 106 valence electrons. The lowest BCUT2D eigenvalue weighted by Crippen LogP contribution is -2.10. The van der Waals surface area contributed by atoms with Crippen molar-refractivity contribution in [2.24, 2.45) is 5.73 Å². The molecule has 3 rings (SSSR count). The molecule has 0 spiro atoms. The van der Waals surface area contributed by atoms with Crippen molar-refractivity contribution in [1.82, 2.24) is 0 Å². The van der Waals surface area contributed by atoms with Gasteiger partial charge in [-0.3, -0.25) is 0 Å². The van der Waals surface area contributed by atoms with E-state index >= 15 is 0 Å². The normalized spacial score (nSPS) is 15.9. The van der Waals surface area contributed by atoms with Crippen LogP contribution in [0.25, 0.3) is 0 Å². The van der Waals surface area contributed by atoms with E-state index in [-0.39, 0.29) is 6.04 Å². The molecule has 1 aromatic carbocycles. The van der Waals surface area contributed by atoms with Gasteiger partial charge in [-0.1, -0.05) is 37.6 Å². The first kappa shape index (κ1) is 13.8. The Morgan fingerprint density at radius 1 is 1.15 bits per heavy atom. The summed E-state index contributed by atoms with van der Waals surface area (Å²) < 4.78 is 0. The lowest BCUT2D eigenvalue weighted by atomic mass is 9.97. The molecular weight excluding hydrogens is 262 g/mol.